The van der Waals surface area contributed by atoms with Gasteiger partial charge in [-0.05, 0) is 13.3 Å². The highest BCUT2D eigenvalue weighted by atomic mass is 16.5. The summed E-state index contributed by atoms with van der Waals surface area (Å²) in [6, 6.07) is 0. The number of esters is 1. The Morgan fingerprint density at radius 2 is 2.33 bits per heavy atom. The molecule has 0 amide bonds. The van der Waals surface area contributed by atoms with Gasteiger partial charge in [0.25, 0.3) is 0 Å². The van der Waals surface area contributed by atoms with Crippen LogP contribution in [0.1, 0.15) is 39.9 Å². The summed E-state index contributed by atoms with van der Waals surface area (Å²) in [4.78, 5) is 31.4. The Kier molecular flexibility index (Phi) is 2.36. The Morgan fingerprint density at radius 3 is 3.11 bits per heavy atom. The van der Waals surface area contributed by atoms with Gasteiger partial charge in [-0.15, -0.1) is 0 Å². The Balaban J connectivity index is 2.13. The molecule has 6 heteroatoms. The average Bonchev–Trinajstić information content (AvgIpc) is 2.93. The normalized spacial score (nSPS) is 13.9. The van der Waals surface area contributed by atoms with Crippen LogP contribution in [0.4, 0.5) is 0 Å². The lowest BCUT2D eigenvalue weighted by molar-refractivity contribution is 0.0520. The summed E-state index contributed by atoms with van der Waals surface area (Å²) in [6.07, 6.45) is 4.26. The third-order valence-corrected chi connectivity index (χ3v) is 2.97. The molecule has 0 spiro atoms. The first-order valence-electron chi connectivity index (χ1n) is 5.78. The number of carbonyl (C=O) groups excluding carboxylic acids is 2. The van der Waals surface area contributed by atoms with E-state index in [4.69, 9.17) is 4.74 Å². The summed E-state index contributed by atoms with van der Waals surface area (Å²) in [5.41, 5.74) is 1.71. The van der Waals surface area contributed by atoms with Crippen LogP contribution in [0.15, 0.2) is 12.4 Å². The molecule has 18 heavy (non-hydrogen) atoms. The first-order valence-corrected chi connectivity index (χ1v) is 5.78. The molecule has 2 aromatic heterocycles. The maximum Gasteiger partial charge on any atom is 0.358 e. The molecule has 92 valence electrons. The van der Waals surface area contributed by atoms with Crippen LogP contribution in [0.3, 0.4) is 0 Å². The highest BCUT2D eigenvalue weighted by molar-refractivity contribution is 6.00. The third kappa shape index (κ3) is 1.49. The van der Waals surface area contributed by atoms with Gasteiger partial charge in [0.05, 0.1) is 12.2 Å². The molecule has 0 aliphatic heterocycles. The van der Waals surface area contributed by atoms with Crippen LogP contribution in [-0.2, 0) is 11.2 Å². The van der Waals surface area contributed by atoms with Crippen molar-refractivity contribution in [2.75, 3.05) is 6.61 Å². The van der Waals surface area contributed by atoms with E-state index >= 15 is 0 Å². The number of ether oxygens (including phenoxy) is 1. The minimum atomic E-state index is -0.471. The van der Waals surface area contributed by atoms with Crippen molar-refractivity contribution in [3.63, 3.8) is 0 Å². The lowest BCUT2D eigenvalue weighted by atomic mass is 10.2. The Morgan fingerprint density at radius 1 is 1.50 bits per heavy atom. The van der Waals surface area contributed by atoms with Gasteiger partial charge in [-0.2, -0.15) is 0 Å². The number of imidazole rings is 1. The predicted molar refractivity (Wildman–Crippen MR) is 61.6 cm³/mol. The lowest BCUT2D eigenvalue weighted by Gasteiger charge is -1.99. The van der Waals surface area contributed by atoms with E-state index in [1.165, 1.54) is 6.20 Å². The van der Waals surface area contributed by atoms with Gasteiger partial charge in [0, 0.05) is 24.5 Å². The second-order valence-electron chi connectivity index (χ2n) is 4.06. The third-order valence-electron chi connectivity index (χ3n) is 2.97. The molecule has 0 N–H and O–H groups in total. The Labute approximate surface area is 103 Å². The number of fused-ring (bicyclic) bond motifs is 3. The zero-order chi connectivity index (χ0) is 12.7. The lowest BCUT2D eigenvalue weighted by Crippen LogP contribution is -2.04. The van der Waals surface area contributed by atoms with E-state index in [0.717, 1.165) is 5.69 Å². The van der Waals surface area contributed by atoms with Crippen molar-refractivity contribution in [1.82, 2.24) is 14.4 Å². The predicted octanol–water partition coefficient (Wildman–Crippen LogP) is 1.03. The fourth-order valence-electron chi connectivity index (χ4n) is 2.14. The van der Waals surface area contributed by atoms with Crippen molar-refractivity contribution in [3.05, 3.63) is 29.3 Å². The number of hydrogen-bond acceptors (Lipinski definition) is 5. The second kappa shape index (κ2) is 3.90. The molecule has 0 radical (unpaired) electrons. The summed E-state index contributed by atoms with van der Waals surface area (Å²) < 4.78 is 6.59. The van der Waals surface area contributed by atoms with E-state index in [0.29, 0.717) is 30.8 Å². The molecule has 0 saturated heterocycles. The summed E-state index contributed by atoms with van der Waals surface area (Å²) in [5, 5.41) is 0. The zero-order valence-corrected chi connectivity index (χ0v) is 9.84. The van der Waals surface area contributed by atoms with Crippen LogP contribution in [0.2, 0.25) is 0 Å². The molecule has 0 bridgehead atoms. The molecule has 1 aliphatic rings. The molecule has 0 fully saturated rings. The number of hydrogen-bond donors (Lipinski definition) is 0. The van der Waals surface area contributed by atoms with Gasteiger partial charge in [-0.3, -0.25) is 9.20 Å². The first kappa shape index (κ1) is 10.9. The molecule has 0 aromatic carbocycles. The largest absolute Gasteiger partial charge is 0.461 e. The number of Topliss-reactive ketones (excluding diaryl/α,β-unsaturated/α-hetero) is 1. The molecule has 0 unspecified atom stereocenters. The van der Waals surface area contributed by atoms with Gasteiger partial charge in [-0.25, -0.2) is 14.8 Å². The van der Waals surface area contributed by atoms with Gasteiger partial charge in [0.15, 0.2) is 11.5 Å². The van der Waals surface area contributed by atoms with E-state index in [-0.39, 0.29) is 11.5 Å². The average molecular weight is 245 g/mol. The molecule has 0 saturated carbocycles. The maximum atomic E-state index is 11.6. The Bertz CT molecular complexity index is 660. The second-order valence-corrected chi connectivity index (χ2v) is 4.06. The summed E-state index contributed by atoms with van der Waals surface area (Å²) >= 11 is 0. The number of nitrogens with zero attached hydrogens (tertiary/aromatic N) is 3. The molecule has 0 atom stereocenters. The number of aromatic nitrogens is 3. The van der Waals surface area contributed by atoms with Crippen molar-refractivity contribution in [2.45, 2.75) is 19.8 Å². The van der Waals surface area contributed by atoms with Gasteiger partial charge in [0.1, 0.15) is 0 Å². The summed E-state index contributed by atoms with van der Waals surface area (Å²) in [6.45, 7) is 2.04. The molecular formula is C12H11N3O3. The van der Waals surface area contributed by atoms with Gasteiger partial charge in [-0.1, -0.05) is 0 Å². The molecular weight excluding hydrogens is 234 g/mol. The SMILES string of the molecule is CCOC(=O)c1cn2c3c(cnc2n1)C(=O)CC3. The van der Waals surface area contributed by atoms with E-state index in [1.807, 2.05) is 0 Å². The van der Waals surface area contributed by atoms with Crippen molar-refractivity contribution in [2.24, 2.45) is 0 Å². The Hall–Kier alpha value is -2.24. The van der Waals surface area contributed by atoms with Crippen molar-refractivity contribution >= 4 is 17.5 Å². The van der Waals surface area contributed by atoms with Crippen molar-refractivity contribution < 1.29 is 14.3 Å². The van der Waals surface area contributed by atoms with Crippen molar-refractivity contribution in [3.8, 4) is 0 Å². The van der Waals surface area contributed by atoms with Crippen LogP contribution in [0.25, 0.3) is 5.78 Å². The van der Waals surface area contributed by atoms with Crippen molar-refractivity contribution in [1.29, 1.82) is 0 Å². The molecule has 2 aromatic rings. The standard InChI is InChI=1S/C12H11N3O3/c1-2-18-11(17)8-6-15-9-3-4-10(16)7(9)5-13-12(15)14-8/h5-6H,2-4H2,1H3. The minimum Gasteiger partial charge on any atom is -0.461 e. The van der Waals surface area contributed by atoms with Crippen LogP contribution in [-0.4, -0.2) is 32.7 Å². The molecule has 3 rings (SSSR count). The van der Waals surface area contributed by atoms with Gasteiger partial charge < -0.3 is 4.74 Å². The van der Waals surface area contributed by atoms with E-state index in [2.05, 4.69) is 9.97 Å². The van der Waals surface area contributed by atoms with Crippen LogP contribution in [0.5, 0.6) is 0 Å². The summed E-state index contributed by atoms with van der Waals surface area (Å²) in [7, 11) is 0. The van der Waals surface area contributed by atoms with E-state index in [9.17, 15) is 9.59 Å². The number of rotatable bonds is 2. The van der Waals surface area contributed by atoms with Crippen LogP contribution >= 0.6 is 0 Å². The topological polar surface area (TPSA) is 73.6 Å². The number of carbonyl (C=O) groups is 2. The van der Waals surface area contributed by atoms with Crippen LogP contribution < -0.4 is 0 Å². The summed E-state index contributed by atoms with van der Waals surface area (Å²) in [5.74, 6) is 0.0401. The van der Waals surface area contributed by atoms with Gasteiger partial charge >= 0.3 is 5.97 Å². The molecule has 6 nitrogen and oxygen atoms in total. The smallest absolute Gasteiger partial charge is 0.358 e. The highest BCUT2D eigenvalue weighted by Gasteiger charge is 2.24. The zero-order valence-electron chi connectivity index (χ0n) is 9.84. The fourth-order valence-corrected chi connectivity index (χ4v) is 2.14. The van der Waals surface area contributed by atoms with Crippen LogP contribution in [0, 0.1) is 0 Å². The molecule has 1 aliphatic carbocycles. The maximum absolute atomic E-state index is 11.6. The number of ketones is 1. The van der Waals surface area contributed by atoms with E-state index < -0.39 is 5.97 Å². The minimum absolute atomic E-state index is 0.0887. The van der Waals surface area contributed by atoms with Gasteiger partial charge in [0.2, 0.25) is 5.78 Å². The number of aryl methyl sites for hydroxylation is 1. The monoisotopic (exact) mass is 245 g/mol. The quantitative estimate of drug-likeness (QED) is 0.739. The first-order chi connectivity index (χ1) is 8.70. The highest BCUT2D eigenvalue weighted by Crippen LogP contribution is 2.22. The van der Waals surface area contributed by atoms with E-state index in [1.54, 1.807) is 17.5 Å². The molecule has 2 heterocycles. The fraction of sp³-hybridized carbons (Fsp3) is 0.333.